The molecule has 0 radical (unpaired) electrons. The topological polar surface area (TPSA) is 30.5 Å². The number of para-hydroxylation sites is 1. The van der Waals surface area contributed by atoms with Gasteiger partial charge in [-0.2, -0.15) is 0 Å². The third-order valence-corrected chi connectivity index (χ3v) is 4.47. The van der Waals surface area contributed by atoms with E-state index < -0.39 is 0 Å². The lowest BCUT2D eigenvalue weighted by molar-refractivity contribution is 0.168. The average molecular weight is 275 g/mol. The number of nitrogens with one attached hydrogen (secondary N) is 1. The monoisotopic (exact) mass is 275 g/mol. The molecule has 3 rings (SSSR count). The van der Waals surface area contributed by atoms with Crippen LogP contribution in [-0.4, -0.2) is 19.8 Å². The van der Waals surface area contributed by atoms with Crippen molar-refractivity contribution in [2.24, 2.45) is 5.92 Å². The van der Waals surface area contributed by atoms with E-state index in [9.17, 15) is 0 Å². The summed E-state index contributed by atoms with van der Waals surface area (Å²) in [6.45, 7) is 4.48. The van der Waals surface area contributed by atoms with Crippen LogP contribution in [0.2, 0.25) is 0 Å². The number of ether oxygens (including phenoxy) is 2. The average Bonchev–Trinajstić information content (AvgIpc) is 2.99. The van der Waals surface area contributed by atoms with E-state index in [1.165, 1.54) is 37.7 Å². The second-order valence-corrected chi connectivity index (χ2v) is 5.87. The molecule has 2 aliphatic rings. The van der Waals surface area contributed by atoms with Crippen molar-refractivity contribution in [2.75, 3.05) is 19.8 Å². The van der Waals surface area contributed by atoms with E-state index in [0.29, 0.717) is 19.3 Å². The van der Waals surface area contributed by atoms with Gasteiger partial charge >= 0.3 is 0 Å². The summed E-state index contributed by atoms with van der Waals surface area (Å²) in [5, 5.41) is 3.64. The lowest BCUT2D eigenvalue weighted by Crippen LogP contribution is -2.25. The second-order valence-electron chi connectivity index (χ2n) is 5.87. The summed E-state index contributed by atoms with van der Waals surface area (Å²) >= 11 is 0. The molecule has 0 spiro atoms. The zero-order valence-corrected chi connectivity index (χ0v) is 12.4. The summed E-state index contributed by atoms with van der Waals surface area (Å²) in [5.41, 5.74) is 1.27. The molecule has 1 saturated carbocycles. The summed E-state index contributed by atoms with van der Waals surface area (Å²) < 4.78 is 11.6. The highest BCUT2D eigenvalue weighted by atomic mass is 16.6. The van der Waals surface area contributed by atoms with E-state index in [2.05, 4.69) is 24.4 Å². The van der Waals surface area contributed by atoms with Crippen molar-refractivity contribution >= 4 is 0 Å². The number of rotatable bonds is 5. The van der Waals surface area contributed by atoms with Crippen molar-refractivity contribution in [3.8, 4) is 11.5 Å². The first kappa shape index (κ1) is 13.7. The van der Waals surface area contributed by atoms with Crippen LogP contribution < -0.4 is 14.8 Å². The lowest BCUT2D eigenvalue weighted by Gasteiger charge is -2.27. The molecule has 1 N–H and O–H groups in total. The molecule has 0 saturated heterocycles. The van der Waals surface area contributed by atoms with Gasteiger partial charge in [0.15, 0.2) is 11.5 Å². The molecule has 1 fully saturated rings. The Labute approximate surface area is 121 Å². The maximum Gasteiger partial charge on any atom is 0.166 e. The molecule has 3 heteroatoms. The smallest absolute Gasteiger partial charge is 0.166 e. The lowest BCUT2D eigenvalue weighted by atomic mass is 9.92. The molecule has 110 valence electrons. The predicted molar refractivity (Wildman–Crippen MR) is 80.4 cm³/mol. The Morgan fingerprint density at radius 3 is 2.80 bits per heavy atom. The molecule has 1 aromatic rings. The Balaban J connectivity index is 1.82. The molecule has 20 heavy (non-hydrogen) atoms. The molecule has 0 amide bonds. The molecule has 0 aromatic heterocycles. The van der Waals surface area contributed by atoms with Gasteiger partial charge in [-0.1, -0.05) is 44.7 Å². The van der Waals surface area contributed by atoms with Crippen molar-refractivity contribution in [1.29, 1.82) is 0 Å². The zero-order valence-electron chi connectivity index (χ0n) is 12.4. The van der Waals surface area contributed by atoms with Crippen molar-refractivity contribution in [1.82, 2.24) is 5.32 Å². The summed E-state index contributed by atoms with van der Waals surface area (Å²) in [6, 6.07) is 6.67. The van der Waals surface area contributed by atoms with Gasteiger partial charge in [-0.3, -0.25) is 0 Å². The molecule has 3 nitrogen and oxygen atoms in total. The Bertz CT molecular complexity index is 441. The highest BCUT2D eigenvalue weighted by Gasteiger charge is 2.25. The molecule has 1 aliphatic carbocycles. The van der Waals surface area contributed by atoms with E-state index in [-0.39, 0.29) is 0 Å². The Hall–Kier alpha value is -1.22. The minimum atomic E-state index is 0.389. The molecule has 1 unspecified atom stereocenters. The van der Waals surface area contributed by atoms with Crippen LogP contribution in [0.4, 0.5) is 0 Å². The maximum absolute atomic E-state index is 5.88. The summed E-state index contributed by atoms with van der Waals surface area (Å²) in [7, 11) is 0. The van der Waals surface area contributed by atoms with Gasteiger partial charge < -0.3 is 14.8 Å². The highest BCUT2D eigenvalue weighted by molar-refractivity contribution is 5.49. The van der Waals surface area contributed by atoms with Crippen LogP contribution >= 0.6 is 0 Å². The molecule has 1 aliphatic heterocycles. The SMILES string of the molecule is CCNC(CC1CCCC1)c1cccc2c1OCCO2. The minimum absolute atomic E-state index is 0.389. The number of benzene rings is 1. The van der Waals surface area contributed by atoms with Crippen LogP contribution in [0, 0.1) is 5.92 Å². The quantitative estimate of drug-likeness (QED) is 0.889. The highest BCUT2D eigenvalue weighted by Crippen LogP contribution is 2.40. The van der Waals surface area contributed by atoms with Crippen molar-refractivity contribution < 1.29 is 9.47 Å². The van der Waals surface area contributed by atoms with Crippen LogP contribution in [0.25, 0.3) is 0 Å². The first-order chi connectivity index (χ1) is 9.88. The number of hydrogen-bond donors (Lipinski definition) is 1. The minimum Gasteiger partial charge on any atom is -0.486 e. The van der Waals surface area contributed by atoms with Gasteiger partial charge in [-0.15, -0.1) is 0 Å². The fourth-order valence-electron chi connectivity index (χ4n) is 3.52. The van der Waals surface area contributed by atoms with Crippen molar-refractivity contribution in [3.63, 3.8) is 0 Å². The van der Waals surface area contributed by atoms with Crippen LogP contribution in [-0.2, 0) is 0 Å². The largest absolute Gasteiger partial charge is 0.486 e. The van der Waals surface area contributed by atoms with E-state index >= 15 is 0 Å². The van der Waals surface area contributed by atoms with Gasteiger partial charge in [0, 0.05) is 11.6 Å². The fraction of sp³-hybridized carbons (Fsp3) is 0.647. The maximum atomic E-state index is 5.88. The van der Waals surface area contributed by atoms with Gasteiger partial charge in [0.2, 0.25) is 0 Å². The Morgan fingerprint density at radius 2 is 2.00 bits per heavy atom. The third-order valence-electron chi connectivity index (χ3n) is 4.47. The first-order valence-corrected chi connectivity index (χ1v) is 8.00. The van der Waals surface area contributed by atoms with E-state index in [4.69, 9.17) is 9.47 Å². The van der Waals surface area contributed by atoms with Crippen molar-refractivity contribution in [3.05, 3.63) is 23.8 Å². The Kier molecular flexibility index (Phi) is 4.46. The molecular formula is C17H25NO2. The van der Waals surface area contributed by atoms with Crippen LogP contribution in [0.1, 0.15) is 50.6 Å². The summed E-state index contributed by atoms with van der Waals surface area (Å²) in [5.74, 6) is 2.73. The predicted octanol–water partition coefficient (Wildman–Crippen LogP) is 3.69. The van der Waals surface area contributed by atoms with Crippen LogP contribution in [0.3, 0.4) is 0 Å². The molecule has 1 atom stereocenters. The summed E-state index contributed by atoms with van der Waals surface area (Å²) in [6.07, 6.45) is 6.78. The van der Waals surface area contributed by atoms with Gasteiger partial charge in [-0.25, -0.2) is 0 Å². The van der Waals surface area contributed by atoms with Crippen LogP contribution in [0.15, 0.2) is 18.2 Å². The zero-order chi connectivity index (χ0) is 13.8. The Morgan fingerprint density at radius 1 is 1.20 bits per heavy atom. The third kappa shape index (κ3) is 2.93. The van der Waals surface area contributed by atoms with Gasteiger partial charge in [0.25, 0.3) is 0 Å². The molecule has 1 aromatic carbocycles. The normalized spacial score (nSPS) is 20.1. The van der Waals surface area contributed by atoms with E-state index in [0.717, 1.165) is 24.0 Å². The van der Waals surface area contributed by atoms with Gasteiger partial charge in [0.05, 0.1) is 0 Å². The molecular weight excluding hydrogens is 250 g/mol. The van der Waals surface area contributed by atoms with E-state index in [1.54, 1.807) is 0 Å². The first-order valence-electron chi connectivity index (χ1n) is 8.00. The number of fused-ring (bicyclic) bond motifs is 1. The van der Waals surface area contributed by atoms with Gasteiger partial charge in [0.1, 0.15) is 13.2 Å². The summed E-state index contributed by atoms with van der Waals surface area (Å²) in [4.78, 5) is 0. The van der Waals surface area contributed by atoms with E-state index in [1.807, 2.05) is 6.07 Å². The standard InChI is InChI=1S/C17H25NO2/c1-2-18-15(12-13-6-3-4-7-13)14-8-5-9-16-17(14)20-11-10-19-16/h5,8-9,13,15,18H,2-4,6-7,10-12H2,1H3. The number of hydrogen-bond acceptors (Lipinski definition) is 3. The van der Waals surface area contributed by atoms with Crippen LogP contribution in [0.5, 0.6) is 11.5 Å². The molecule has 0 bridgehead atoms. The van der Waals surface area contributed by atoms with Crippen molar-refractivity contribution in [2.45, 2.75) is 45.1 Å². The second kappa shape index (κ2) is 6.49. The molecule has 1 heterocycles. The fourth-order valence-corrected chi connectivity index (χ4v) is 3.52. The van der Waals surface area contributed by atoms with Gasteiger partial charge in [-0.05, 0) is 24.9 Å².